The number of hydrogen-bond acceptors (Lipinski definition) is 2. The molecule has 0 aromatic carbocycles. The highest BCUT2D eigenvalue weighted by Crippen LogP contribution is 2.57. The third kappa shape index (κ3) is 0.688. The highest BCUT2D eigenvalue weighted by molar-refractivity contribution is 5.76. The summed E-state index contributed by atoms with van der Waals surface area (Å²) in [4.78, 5) is 10.4. The van der Waals surface area contributed by atoms with Gasteiger partial charge in [0.15, 0.2) is 0 Å². The van der Waals surface area contributed by atoms with E-state index in [1.165, 1.54) is 0 Å². The standard InChI is InChI=1S/C7H9NO2/c1-7(2)4(3-8)5(7)6(9)10/h4-5H,1-2H3,(H,9,10)/t4-,5-/m1/s1. The zero-order valence-corrected chi connectivity index (χ0v) is 5.96. The van der Waals surface area contributed by atoms with E-state index in [1.54, 1.807) is 13.8 Å². The Morgan fingerprint density at radius 3 is 2.30 bits per heavy atom. The molecule has 1 aliphatic rings. The van der Waals surface area contributed by atoms with E-state index in [2.05, 4.69) is 0 Å². The molecule has 0 aliphatic heterocycles. The van der Waals surface area contributed by atoms with Crippen LogP contribution in [0.2, 0.25) is 0 Å². The topological polar surface area (TPSA) is 61.1 Å². The Balaban J connectivity index is 2.73. The van der Waals surface area contributed by atoms with Gasteiger partial charge in [-0.2, -0.15) is 5.26 Å². The molecule has 1 saturated carbocycles. The molecule has 0 aromatic heterocycles. The summed E-state index contributed by atoms with van der Waals surface area (Å²) in [6, 6.07) is 1.98. The van der Waals surface area contributed by atoms with Gasteiger partial charge in [-0.15, -0.1) is 0 Å². The van der Waals surface area contributed by atoms with Crippen molar-refractivity contribution in [2.24, 2.45) is 17.3 Å². The molecule has 1 N–H and O–H groups in total. The average molecular weight is 139 g/mol. The maximum atomic E-state index is 10.4. The van der Waals surface area contributed by atoms with Crippen molar-refractivity contribution in [2.45, 2.75) is 13.8 Å². The van der Waals surface area contributed by atoms with Crippen molar-refractivity contribution < 1.29 is 9.90 Å². The summed E-state index contributed by atoms with van der Waals surface area (Å²) in [6.07, 6.45) is 0. The van der Waals surface area contributed by atoms with Crippen LogP contribution < -0.4 is 0 Å². The second kappa shape index (κ2) is 1.72. The van der Waals surface area contributed by atoms with Crippen LogP contribution in [-0.2, 0) is 4.79 Å². The molecular weight excluding hydrogens is 130 g/mol. The van der Waals surface area contributed by atoms with Gasteiger partial charge in [-0.3, -0.25) is 4.79 Å². The maximum Gasteiger partial charge on any atom is 0.308 e. The summed E-state index contributed by atoms with van der Waals surface area (Å²) in [5.74, 6) is -1.58. The molecule has 1 aliphatic carbocycles. The molecule has 1 rings (SSSR count). The van der Waals surface area contributed by atoms with Crippen LogP contribution >= 0.6 is 0 Å². The molecule has 3 heteroatoms. The molecule has 0 unspecified atom stereocenters. The van der Waals surface area contributed by atoms with Crippen molar-refractivity contribution in [2.75, 3.05) is 0 Å². The molecule has 0 saturated heterocycles. The maximum absolute atomic E-state index is 10.4. The summed E-state index contributed by atoms with van der Waals surface area (Å²) < 4.78 is 0. The van der Waals surface area contributed by atoms with E-state index in [-0.39, 0.29) is 11.3 Å². The predicted molar refractivity (Wildman–Crippen MR) is 34.0 cm³/mol. The molecule has 1 fully saturated rings. The summed E-state index contributed by atoms with van der Waals surface area (Å²) in [5, 5.41) is 17.0. The fourth-order valence-electron chi connectivity index (χ4n) is 1.34. The third-order valence-electron chi connectivity index (χ3n) is 2.23. The molecule has 0 amide bonds. The Morgan fingerprint density at radius 2 is 2.20 bits per heavy atom. The first-order valence-electron chi connectivity index (χ1n) is 3.14. The first-order chi connectivity index (χ1) is 4.51. The summed E-state index contributed by atoms with van der Waals surface area (Å²) in [7, 11) is 0. The lowest BCUT2D eigenvalue weighted by Gasteiger charge is -1.94. The Hall–Kier alpha value is -1.04. The SMILES string of the molecule is CC1(C)[C@H](C#N)[C@@H]1C(=O)O. The van der Waals surface area contributed by atoms with Crippen LogP contribution in [0.3, 0.4) is 0 Å². The number of nitrogens with zero attached hydrogens (tertiary/aromatic N) is 1. The van der Waals surface area contributed by atoms with Crippen LogP contribution in [0.1, 0.15) is 13.8 Å². The monoisotopic (exact) mass is 139 g/mol. The Bertz CT molecular complexity index is 214. The summed E-state index contributed by atoms with van der Waals surface area (Å²) in [6.45, 7) is 3.61. The van der Waals surface area contributed by atoms with Gasteiger partial charge in [0.25, 0.3) is 0 Å². The normalized spacial score (nSPS) is 34.5. The minimum atomic E-state index is -0.850. The van der Waals surface area contributed by atoms with Crippen molar-refractivity contribution in [1.82, 2.24) is 0 Å². The molecule has 0 radical (unpaired) electrons. The van der Waals surface area contributed by atoms with Gasteiger partial charge in [0.1, 0.15) is 0 Å². The van der Waals surface area contributed by atoms with Gasteiger partial charge in [-0.1, -0.05) is 13.8 Å². The van der Waals surface area contributed by atoms with Crippen molar-refractivity contribution in [3.8, 4) is 6.07 Å². The lowest BCUT2D eigenvalue weighted by atomic mass is 10.1. The van der Waals surface area contributed by atoms with Crippen molar-refractivity contribution in [1.29, 1.82) is 5.26 Å². The van der Waals surface area contributed by atoms with E-state index in [9.17, 15) is 4.79 Å². The van der Waals surface area contributed by atoms with Crippen LogP contribution in [0.5, 0.6) is 0 Å². The number of rotatable bonds is 1. The smallest absolute Gasteiger partial charge is 0.308 e. The molecular formula is C7H9NO2. The molecule has 10 heavy (non-hydrogen) atoms. The first-order valence-corrected chi connectivity index (χ1v) is 3.14. The van der Waals surface area contributed by atoms with Gasteiger partial charge in [-0.25, -0.2) is 0 Å². The second-order valence-corrected chi connectivity index (χ2v) is 3.24. The highest BCUT2D eigenvalue weighted by atomic mass is 16.4. The van der Waals surface area contributed by atoms with Crippen molar-refractivity contribution in [3.05, 3.63) is 0 Å². The van der Waals surface area contributed by atoms with E-state index in [0.717, 1.165) is 0 Å². The molecule has 3 nitrogen and oxygen atoms in total. The fraction of sp³-hybridized carbons (Fsp3) is 0.714. The van der Waals surface area contributed by atoms with Gasteiger partial charge in [-0.05, 0) is 5.41 Å². The van der Waals surface area contributed by atoms with E-state index < -0.39 is 11.9 Å². The fourth-order valence-corrected chi connectivity index (χ4v) is 1.34. The minimum absolute atomic E-state index is 0.287. The van der Waals surface area contributed by atoms with Gasteiger partial charge in [0.2, 0.25) is 0 Å². The largest absolute Gasteiger partial charge is 0.481 e. The minimum Gasteiger partial charge on any atom is -0.481 e. The molecule has 2 atom stereocenters. The first kappa shape index (κ1) is 7.07. The van der Waals surface area contributed by atoms with Crippen LogP contribution in [-0.4, -0.2) is 11.1 Å². The lowest BCUT2D eigenvalue weighted by molar-refractivity contribution is -0.139. The highest BCUT2D eigenvalue weighted by Gasteiger charge is 2.62. The third-order valence-corrected chi connectivity index (χ3v) is 2.23. The zero-order chi connectivity index (χ0) is 7.94. The van der Waals surface area contributed by atoms with Gasteiger partial charge in [0, 0.05) is 0 Å². The predicted octanol–water partition coefficient (Wildman–Crippen LogP) is 0.867. The number of nitriles is 1. The van der Waals surface area contributed by atoms with E-state index in [0.29, 0.717) is 0 Å². The van der Waals surface area contributed by atoms with E-state index in [1.807, 2.05) is 6.07 Å². The summed E-state index contributed by atoms with van der Waals surface area (Å²) >= 11 is 0. The van der Waals surface area contributed by atoms with Crippen LogP contribution in [0.4, 0.5) is 0 Å². The Kier molecular flexibility index (Phi) is 1.22. The van der Waals surface area contributed by atoms with Crippen molar-refractivity contribution in [3.63, 3.8) is 0 Å². The number of carboxylic acids is 1. The van der Waals surface area contributed by atoms with E-state index in [4.69, 9.17) is 10.4 Å². The number of carbonyl (C=O) groups is 1. The van der Waals surface area contributed by atoms with Crippen LogP contribution in [0.25, 0.3) is 0 Å². The molecule has 54 valence electrons. The summed E-state index contributed by atoms with van der Waals surface area (Å²) in [5.41, 5.74) is -0.305. The van der Waals surface area contributed by atoms with Crippen LogP contribution in [0, 0.1) is 28.6 Å². The number of aliphatic carboxylic acids is 1. The zero-order valence-electron chi connectivity index (χ0n) is 5.96. The Morgan fingerprint density at radius 1 is 1.70 bits per heavy atom. The molecule has 0 aromatic rings. The number of carboxylic acid groups (broad SMARTS) is 1. The quantitative estimate of drug-likeness (QED) is 0.586. The lowest BCUT2D eigenvalue weighted by Crippen LogP contribution is -2.02. The van der Waals surface area contributed by atoms with Gasteiger partial charge in [0.05, 0.1) is 17.9 Å². The Labute approximate surface area is 59.3 Å². The number of hydrogen-bond donors (Lipinski definition) is 1. The van der Waals surface area contributed by atoms with Crippen LogP contribution in [0.15, 0.2) is 0 Å². The van der Waals surface area contributed by atoms with Crippen molar-refractivity contribution >= 4 is 5.97 Å². The van der Waals surface area contributed by atoms with E-state index >= 15 is 0 Å². The second-order valence-electron chi connectivity index (χ2n) is 3.24. The molecule has 0 heterocycles. The van der Waals surface area contributed by atoms with Gasteiger partial charge >= 0.3 is 5.97 Å². The average Bonchev–Trinajstić information content (AvgIpc) is 2.33. The molecule has 0 bridgehead atoms. The molecule has 0 spiro atoms. The van der Waals surface area contributed by atoms with Gasteiger partial charge < -0.3 is 5.11 Å².